The number of carbonyl (C=O) groups excluding carboxylic acids is 2. The van der Waals surface area contributed by atoms with Gasteiger partial charge in [-0.1, -0.05) is 30.3 Å². The van der Waals surface area contributed by atoms with Crippen LogP contribution in [0.3, 0.4) is 0 Å². The zero-order valence-electron chi connectivity index (χ0n) is 16.1. The third-order valence-corrected chi connectivity index (χ3v) is 4.83. The van der Waals surface area contributed by atoms with Gasteiger partial charge in [0.2, 0.25) is 0 Å². The van der Waals surface area contributed by atoms with Crippen LogP contribution in [-0.2, 0) is 11.2 Å². The van der Waals surface area contributed by atoms with E-state index >= 15 is 0 Å². The van der Waals surface area contributed by atoms with E-state index in [1.165, 1.54) is 0 Å². The standard InChI is InChI=1S/C23H23N3O3/c27-22(26-17-7-8-17)15-29-18-9-5-16(6-10-18)11-13-25-23(28)20-12-14-24-21-4-2-1-3-19(20)21/h1-6,9-10,12,14,17H,7-8,11,13,15H2,(H,25,28)(H,26,27). The van der Waals surface area contributed by atoms with Crippen molar-refractivity contribution < 1.29 is 14.3 Å². The fourth-order valence-corrected chi connectivity index (χ4v) is 3.11. The number of hydrogen-bond acceptors (Lipinski definition) is 4. The molecule has 6 nitrogen and oxygen atoms in total. The number of rotatable bonds is 8. The summed E-state index contributed by atoms with van der Waals surface area (Å²) in [5.74, 6) is 0.472. The monoisotopic (exact) mass is 389 g/mol. The lowest BCUT2D eigenvalue weighted by Gasteiger charge is -2.09. The summed E-state index contributed by atoms with van der Waals surface area (Å²) in [7, 11) is 0. The Morgan fingerprint density at radius 3 is 2.62 bits per heavy atom. The predicted molar refractivity (Wildman–Crippen MR) is 111 cm³/mol. The average molecular weight is 389 g/mol. The van der Waals surface area contributed by atoms with Crippen LogP contribution in [0.2, 0.25) is 0 Å². The summed E-state index contributed by atoms with van der Waals surface area (Å²) in [6, 6.07) is 17.3. The molecule has 0 radical (unpaired) electrons. The maximum atomic E-state index is 12.5. The van der Waals surface area contributed by atoms with Crippen LogP contribution in [0.1, 0.15) is 28.8 Å². The van der Waals surface area contributed by atoms with E-state index in [0.29, 0.717) is 30.3 Å². The van der Waals surface area contributed by atoms with Gasteiger partial charge in [-0.05, 0) is 49.1 Å². The van der Waals surface area contributed by atoms with Gasteiger partial charge in [-0.2, -0.15) is 0 Å². The van der Waals surface area contributed by atoms with Crippen molar-refractivity contribution in [1.82, 2.24) is 15.6 Å². The fourth-order valence-electron chi connectivity index (χ4n) is 3.11. The molecule has 148 valence electrons. The van der Waals surface area contributed by atoms with Crippen LogP contribution in [0.15, 0.2) is 60.8 Å². The van der Waals surface area contributed by atoms with Crippen LogP contribution < -0.4 is 15.4 Å². The molecule has 6 heteroatoms. The van der Waals surface area contributed by atoms with Crippen LogP contribution in [0.25, 0.3) is 10.9 Å². The molecular weight excluding hydrogens is 366 g/mol. The van der Waals surface area contributed by atoms with E-state index in [9.17, 15) is 9.59 Å². The second-order valence-electron chi connectivity index (χ2n) is 7.16. The van der Waals surface area contributed by atoms with Gasteiger partial charge in [0.25, 0.3) is 11.8 Å². The van der Waals surface area contributed by atoms with Gasteiger partial charge in [0, 0.05) is 24.2 Å². The minimum atomic E-state index is -0.106. The van der Waals surface area contributed by atoms with Crippen LogP contribution in [0.5, 0.6) is 5.75 Å². The number of nitrogens with one attached hydrogen (secondary N) is 2. The summed E-state index contributed by atoms with van der Waals surface area (Å²) in [4.78, 5) is 28.5. The summed E-state index contributed by atoms with van der Waals surface area (Å²) in [6.07, 6.45) is 4.49. The molecule has 1 heterocycles. The lowest BCUT2D eigenvalue weighted by molar-refractivity contribution is -0.123. The Balaban J connectivity index is 1.25. The van der Waals surface area contributed by atoms with E-state index < -0.39 is 0 Å². The van der Waals surface area contributed by atoms with E-state index in [-0.39, 0.29) is 18.4 Å². The van der Waals surface area contributed by atoms with E-state index in [1.807, 2.05) is 48.5 Å². The Bertz CT molecular complexity index is 1010. The molecule has 0 unspecified atom stereocenters. The third kappa shape index (κ3) is 5.10. The first kappa shape index (κ1) is 18.9. The maximum absolute atomic E-state index is 12.5. The molecule has 1 aliphatic rings. The molecule has 0 bridgehead atoms. The van der Waals surface area contributed by atoms with E-state index in [1.54, 1.807) is 12.3 Å². The zero-order valence-corrected chi connectivity index (χ0v) is 16.1. The largest absolute Gasteiger partial charge is 0.484 e. The first-order chi connectivity index (χ1) is 14.2. The van der Waals surface area contributed by atoms with Gasteiger partial charge < -0.3 is 15.4 Å². The Morgan fingerprint density at radius 1 is 1.03 bits per heavy atom. The SMILES string of the molecule is O=C(COc1ccc(CCNC(=O)c2ccnc3ccccc23)cc1)NC1CC1. The molecule has 1 fully saturated rings. The summed E-state index contributed by atoms with van der Waals surface area (Å²) in [5.41, 5.74) is 2.52. The predicted octanol–water partition coefficient (Wildman–Crippen LogP) is 2.86. The van der Waals surface area contributed by atoms with Crippen molar-refractivity contribution in [3.05, 3.63) is 71.9 Å². The average Bonchev–Trinajstić information content (AvgIpc) is 3.56. The second-order valence-corrected chi connectivity index (χ2v) is 7.16. The highest BCUT2D eigenvalue weighted by Gasteiger charge is 2.23. The highest BCUT2D eigenvalue weighted by molar-refractivity contribution is 6.05. The summed E-state index contributed by atoms with van der Waals surface area (Å²) < 4.78 is 5.51. The highest BCUT2D eigenvalue weighted by Crippen LogP contribution is 2.19. The number of hydrogen-bond donors (Lipinski definition) is 2. The van der Waals surface area contributed by atoms with Gasteiger partial charge in [-0.15, -0.1) is 0 Å². The van der Waals surface area contributed by atoms with Crippen molar-refractivity contribution in [1.29, 1.82) is 0 Å². The van der Waals surface area contributed by atoms with Gasteiger partial charge in [0.15, 0.2) is 6.61 Å². The third-order valence-electron chi connectivity index (χ3n) is 4.83. The molecule has 0 aliphatic heterocycles. The Morgan fingerprint density at radius 2 is 1.83 bits per heavy atom. The Labute approximate surface area is 169 Å². The quantitative estimate of drug-likeness (QED) is 0.621. The zero-order chi connectivity index (χ0) is 20.1. The van der Waals surface area contributed by atoms with Crippen molar-refractivity contribution in [3.8, 4) is 5.75 Å². The molecule has 1 aromatic heterocycles. The van der Waals surface area contributed by atoms with Crippen LogP contribution >= 0.6 is 0 Å². The molecule has 0 saturated heterocycles. The molecule has 2 amide bonds. The molecular formula is C23H23N3O3. The lowest BCUT2D eigenvalue weighted by Crippen LogP contribution is -2.30. The summed E-state index contributed by atoms with van der Waals surface area (Å²) in [6.45, 7) is 0.561. The number of benzene rings is 2. The number of para-hydroxylation sites is 1. The van der Waals surface area contributed by atoms with Crippen LogP contribution in [0.4, 0.5) is 0 Å². The van der Waals surface area contributed by atoms with Crippen molar-refractivity contribution in [3.63, 3.8) is 0 Å². The Kier molecular flexibility index (Phi) is 5.70. The normalized spacial score (nSPS) is 13.1. The van der Waals surface area contributed by atoms with Crippen molar-refractivity contribution in [2.24, 2.45) is 0 Å². The molecule has 0 spiro atoms. The molecule has 0 atom stereocenters. The fraction of sp³-hybridized carbons (Fsp3) is 0.261. The number of ether oxygens (including phenoxy) is 1. The van der Waals surface area contributed by atoms with E-state index in [2.05, 4.69) is 15.6 Å². The van der Waals surface area contributed by atoms with Crippen molar-refractivity contribution in [2.45, 2.75) is 25.3 Å². The molecule has 2 N–H and O–H groups in total. The number of carbonyl (C=O) groups is 2. The molecule has 4 rings (SSSR count). The highest BCUT2D eigenvalue weighted by atomic mass is 16.5. The molecule has 2 aromatic carbocycles. The van der Waals surface area contributed by atoms with Gasteiger partial charge in [0.1, 0.15) is 5.75 Å². The molecule has 3 aromatic rings. The van der Waals surface area contributed by atoms with E-state index in [4.69, 9.17) is 4.74 Å². The Hall–Kier alpha value is -3.41. The summed E-state index contributed by atoms with van der Waals surface area (Å²) in [5, 5.41) is 6.70. The first-order valence-corrected chi connectivity index (χ1v) is 9.82. The number of nitrogens with zero attached hydrogens (tertiary/aromatic N) is 1. The minimum absolute atomic E-state index is 0.0335. The number of aromatic nitrogens is 1. The lowest BCUT2D eigenvalue weighted by atomic mass is 10.1. The van der Waals surface area contributed by atoms with Gasteiger partial charge in [-0.25, -0.2) is 0 Å². The van der Waals surface area contributed by atoms with Crippen LogP contribution in [-0.4, -0.2) is 36.0 Å². The van der Waals surface area contributed by atoms with Crippen molar-refractivity contribution in [2.75, 3.05) is 13.2 Å². The maximum Gasteiger partial charge on any atom is 0.258 e. The van der Waals surface area contributed by atoms with Gasteiger partial charge >= 0.3 is 0 Å². The van der Waals surface area contributed by atoms with Gasteiger partial charge in [0.05, 0.1) is 11.1 Å². The smallest absolute Gasteiger partial charge is 0.258 e. The minimum Gasteiger partial charge on any atom is -0.484 e. The number of fused-ring (bicyclic) bond motifs is 1. The van der Waals surface area contributed by atoms with Gasteiger partial charge in [-0.3, -0.25) is 14.6 Å². The van der Waals surface area contributed by atoms with Crippen molar-refractivity contribution >= 4 is 22.7 Å². The molecule has 1 aliphatic carbocycles. The summed E-state index contributed by atoms with van der Waals surface area (Å²) >= 11 is 0. The topological polar surface area (TPSA) is 80.3 Å². The first-order valence-electron chi connectivity index (χ1n) is 9.82. The van der Waals surface area contributed by atoms with E-state index in [0.717, 1.165) is 29.3 Å². The molecule has 29 heavy (non-hydrogen) atoms. The number of amides is 2. The molecule has 1 saturated carbocycles. The second kappa shape index (κ2) is 8.73. The van der Waals surface area contributed by atoms with Crippen LogP contribution in [0, 0.1) is 0 Å². The number of pyridine rings is 1.